The van der Waals surface area contributed by atoms with Crippen molar-refractivity contribution < 1.29 is 14.3 Å². The van der Waals surface area contributed by atoms with Gasteiger partial charge in [-0.25, -0.2) is 9.50 Å². The number of nitrogens with two attached hydrogens (primary N) is 1. The van der Waals surface area contributed by atoms with Crippen molar-refractivity contribution in [2.75, 3.05) is 13.2 Å². The average molecular weight is 385 g/mol. The van der Waals surface area contributed by atoms with Crippen LogP contribution in [0.5, 0.6) is 11.5 Å². The van der Waals surface area contributed by atoms with Crippen LogP contribution in [0.2, 0.25) is 0 Å². The van der Waals surface area contributed by atoms with Crippen LogP contribution >= 0.6 is 0 Å². The van der Waals surface area contributed by atoms with Crippen LogP contribution in [0.25, 0.3) is 16.9 Å². The second-order valence-electron chi connectivity index (χ2n) is 6.20. The van der Waals surface area contributed by atoms with Crippen molar-refractivity contribution in [1.82, 2.24) is 19.6 Å². The van der Waals surface area contributed by atoms with Gasteiger partial charge in [-0.05, 0) is 38.5 Å². The van der Waals surface area contributed by atoms with E-state index in [9.17, 15) is 9.59 Å². The SMILES string of the molecule is CCCc1nc(C)c2c(=O)[nH]c(-c3cc(OC(=O)CN)ccc3OCC)nn12. The Labute approximate surface area is 161 Å². The van der Waals surface area contributed by atoms with Gasteiger partial charge in [-0.2, -0.15) is 0 Å². The van der Waals surface area contributed by atoms with Crippen molar-refractivity contribution in [2.24, 2.45) is 5.73 Å². The lowest BCUT2D eigenvalue weighted by atomic mass is 10.1. The van der Waals surface area contributed by atoms with Gasteiger partial charge in [-0.15, -0.1) is 5.10 Å². The van der Waals surface area contributed by atoms with Gasteiger partial charge in [0, 0.05) is 6.42 Å². The molecule has 0 aliphatic heterocycles. The number of esters is 1. The van der Waals surface area contributed by atoms with E-state index in [2.05, 4.69) is 15.1 Å². The Morgan fingerprint density at radius 3 is 2.79 bits per heavy atom. The smallest absolute Gasteiger partial charge is 0.325 e. The van der Waals surface area contributed by atoms with E-state index >= 15 is 0 Å². The highest BCUT2D eigenvalue weighted by molar-refractivity contribution is 5.75. The number of benzene rings is 1. The van der Waals surface area contributed by atoms with Gasteiger partial charge >= 0.3 is 5.97 Å². The van der Waals surface area contributed by atoms with Gasteiger partial charge in [0.2, 0.25) is 0 Å². The third kappa shape index (κ3) is 3.74. The Kier molecular flexibility index (Phi) is 5.74. The zero-order valence-electron chi connectivity index (χ0n) is 16.1. The first-order valence-electron chi connectivity index (χ1n) is 9.14. The monoisotopic (exact) mass is 385 g/mol. The van der Waals surface area contributed by atoms with Gasteiger partial charge in [0.25, 0.3) is 5.56 Å². The first-order chi connectivity index (χ1) is 13.5. The maximum absolute atomic E-state index is 12.7. The van der Waals surface area contributed by atoms with Gasteiger partial charge in [0.1, 0.15) is 17.3 Å². The number of hydrogen-bond donors (Lipinski definition) is 2. The average Bonchev–Trinajstić information content (AvgIpc) is 2.99. The summed E-state index contributed by atoms with van der Waals surface area (Å²) in [5, 5.41) is 4.58. The minimum Gasteiger partial charge on any atom is -0.493 e. The molecular weight excluding hydrogens is 362 g/mol. The summed E-state index contributed by atoms with van der Waals surface area (Å²) in [6.45, 7) is 5.85. The number of carbonyl (C=O) groups is 1. The summed E-state index contributed by atoms with van der Waals surface area (Å²) >= 11 is 0. The van der Waals surface area contributed by atoms with Crippen LogP contribution in [0.3, 0.4) is 0 Å². The van der Waals surface area contributed by atoms with Gasteiger partial charge in [-0.3, -0.25) is 9.59 Å². The predicted octanol–water partition coefficient (Wildman–Crippen LogP) is 1.61. The molecule has 0 atom stereocenters. The number of aromatic nitrogens is 4. The normalized spacial score (nSPS) is 11.0. The topological polar surface area (TPSA) is 125 Å². The zero-order chi connectivity index (χ0) is 20.3. The molecular formula is C19H23N5O4. The highest BCUT2D eigenvalue weighted by atomic mass is 16.5. The molecule has 3 aromatic rings. The van der Waals surface area contributed by atoms with Crippen LogP contribution in [-0.2, 0) is 11.2 Å². The predicted molar refractivity (Wildman–Crippen MR) is 104 cm³/mol. The van der Waals surface area contributed by atoms with Crippen LogP contribution in [0.1, 0.15) is 31.8 Å². The molecule has 9 nitrogen and oxygen atoms in total. The van der Waals surface area contributed by atoms with Crippen molar-refractivity contribution >= 4 is 11.5 Å². The van der Waals surface area contributed by atoms with Crippen molar-refractivity contribution in [1.29, 1.82) is 0 Å². The minimum atomic E-state index is -0.567. The summed E-state index contributed by atoms with van der Waals surface area (Å²) < 4.78 is 12.4. The molecule has 9 heteroatoms. The molecule has 0 saturated heterocycles. The summed E-state index contributed by atoms with van der Waals surface area (Å²) in [4.78, 5) is 31.5. The molecule has 0 spiro atoms. The van der Waals surface area contributed by atoms with Gasteiger partial charge in [-0.1, -0.05) is 6.92 Å². The Morgan fingerprint density at radius 2 is 2.11 bits per heavy atom. The van der Waals surface area contributed by atoms with E-state index in [4.69, 9.17) is 15.2 Å². The number of imidazole rings is 1. The summed E-state index contributed by atoms with van der Waals surface area (Å²) in [5.41, 5.74) is 6.54. The number of H-pyrrole nitrogens is 1. The fourth-order valence-electron chi connectivity index (χ4n) is 2.95. The number of rotatable bonds is 7. The highest BCUT2D eigenvalue weighted by Gasteiger charge is 2.17. The summed E-state index contributed by atoms with van der Waals surface area (Å²) in [7, 11) is 0. The largest absolute Gasteiger partial charge is 0.493 e. The molecule has 148 valence electrons. The fourth-order valence-corrected chi connectivity index (χ4v) is 2.95. The van der Waals surface area contributed by atoms with Crippen molar-refractivity contribution in [3.8, 4) is 22.9 Å². The van der Waals surface area contributed by atoms with Crippen LogP contribution in [0, 0.1) is 6.92 Å². The number of fused-ring (bicyclic) bond motifs is 1. The molecule has 1 aromatic carbocycles. The van der Waals surface area contributed by atoms with E-state index in [1.165, 1.54) is 0 Å². The lowest BCUT2D eigenvalue weighted by molar-refractivity contribution is -0.132. The van der Waals surface area contributed by atoms with E-state index in [1.54, 1.807) is 29.6 Å². The Balaban J connectivity index is 2.19. The molecule has 3 rings (SSSR count). The van der Waals surface area contributed by atoms with E-state index in [0.29, 0.717) is 47.2 Å². The molecule has 0 fully saturated rings. The molecule has 0 unspecified atom stereocenters. The molecule has 3 N–H and O–H groups in total. The molecule has 0 radical (unpaired) electrons. The van der Waals surface area contributed by atoms with E-state index in [1.807, 2.05) is 13.8 Å². The number of nitrogens with one attached hydrogen (secondary N) is 1. The van der Waals surface area contributed by atoms with E-state index in [-0.39, 0.29) is 17.9 Å². The molecule has 0 amide bonds. The van der Waals surface area contributed by atoms with Gasteiger partial charge in [0.05, 0.1) is 24.4 Å². The first kappa shape index (κ1) is 19.6. The molecule has 28 heavy (non-hydrogen) atoms. The fraction of sp³-hybridized carbons (Fsp3) is 0.368. The number of nitrogens with zero attached hydrogens (tertiary/aromatic N) is 3. The maximum atomic E-state index is 12.7. The number of carbonyl (C=O) groups excluding carboxylic acids is 1. The van der Waals surface area contributed by atoms with Crippen LogP contribution < -0.4 is 20.8 Å². The van der Waals surface area contributed by atoms with Gasteiger partial charge < -0.3 is 20.2 Å². The molecule has 0 aliphatic rings. The van der Waals surface area contributed by atoms with Gasteiger partial charge in [0.15, 0.2) is 11.3 Å². The quantitative estimate of drug-likeness (QED) is 0.467. The van der Waals surface area contributed by atoms with Crippen LogP contribution in [-0.4, -0.2) is 38.7 Å². The third-order valence-corrected chi connectivity index (χ3v) is 4.12. The third-order valence-electron chi connectivity index (χ3n) is 4.12. The van der Waals surface area contributed by atoms with E-state index < -0.39 is 5.97 Å². The Morgan fingerprint density at radius 1 is 1.32 bits per heavy atom. The Hall–Kier alpha value is -3.20. The summed E-state index contributed by atoms with van der Waals surface area (Å²) in [6, 6.07) is 4.85. The van der Waals surface area contributed by atoms with Crippen molar-refractivity contribution in [3.63, 3.8) is 0 Å². The number of aromatic amines is 1. The molecule has 0 aliphatic carbocycles. The molecule has 2 aromatic heterocycles. The van der Waals surface area contributed by atoms with Crippen molar-refractivity contribution in [2.45, 2.75) is 33.6 Å². The second-order valence-corrected chi connectivity index (χ2v) is 6.20. The van der Waals surface area contributed by atoms with E-state index in [0.717, 1.165) is 6.42 Å². The molecule has 2 heterocycles. The number of aryl methyl sites for hydroxylation is 2. The van der Waals surface area contributed by atoms with Crippen LogP contribution in [0.4, 0.5) is 0 Å². The lowest BCUT2D eigenvalue weighted by Gasteiger charge is -2.12. The standard InChI is InChI=1S/C19H23N5O4/c1-4-6-15-21-11(3)17-19(26)22-18(23-24(15)17)13-9-12(28-16(25)10-20)7-8-14(13)27-5-2/h7-9H,4-6,10,20H2,1-3H3,(H,22,23,26). The second kappa shape index (κ2) is 8.22. The summed E-state index contributed by atoms with van der Waals surface area (Å²) in [6.07, 6.45) is 1.56. The minimum absolute atomic E-state index is 0.238. The maximum Gasteiger partial charge on any atom is 0.325 e. The van der Waals surface area contributed by atoms with Crippen molar-refractivity contribution in [3.05, 3.63) is 40.1 Å². The zero-order valence-corrected chi connectivity index (χ0v) is 16.1. The molecule has 0 bridgehead atoms. The Bertz CT molecular complexity index is 1070. The lowest BCUT2D eigenvalue weighted by Crippen LogP contribution is -2.19. The van der Waals surface area contributed by atoms with Crippen LogP contribution in [0.15, 0.2) is 23.0 Å². The number of ether oxygens (including phenoxy) is 2. The first-order valence-corrected chi connectivity index (χ1v) is 9.14. The highest BCUT2D eigenvalue weighted by Crippen LogP contribution is 2.31. The molecule has 0 saturated carbocycles. The number of hydrogen-bond acceptors (Lipinski definition) is 7. The summed E-state index contributed by atoms with van der Waals surface area (Å²) in [5.74, 6) is 1.23.